The highest BCUT2D eigenvalue weighted by Crippen LogP contribution is 2.40. The van der Waals surface area contributed by atoms with E-state index in [0.29, 0.717) is 11.1 Å². The Bertz CT molecular complexity index is 1520. The summed E-state index contributed by atoms with van der Waals surface area (Å²) in [7, 11) is 1.26. The topological polar surface area (TPSA) is 201 Å². The number of anilines is 1. The zero-order valence-electron chi connectivity index (χ0n) is 18.4. The molecular weight excluding hydrogens is 514 g/mol. The summed E-state index contributed by atoms with van der Waals surface area (Å²) < 4.78 is 2.92. The SMILES string of the molecule is CO/N=C(\C(=O)NC1C(=O)N2C(C(=O)O)=C(C[n+]3cc4cc(=O)[nH]n4cn3)CSC12)c1csc(N)n1. The maximum atomic E-state index is 13.0. The second-order valence-electron chi connectivity index (χ2n) is 7.68. The summed E-state index contributed by atoms with van der Waals surface area (Å²) in [6.45, 7) is 0.0912. The van der Waals surface area contributed by atoms with Gasteiger partial charge in [0.05, 0.1) is 0 Å². The molecule has 0 saturated carbocycles. The van der Waals surface area contributed by atoms with Crippen molar-refractivity contribution in [2.24, 2.45) is 5.16 Å². The number of carbonyl (C=O) groups is 3. The number of rotatable bonds is 7. The Labute approximate surface area is 209 Å². The number of oxime groups is 1. The average molecular weight is 533 g/mol. The summed E-state index contributed by atoms with van der Waals surface area (Å²) in [4.78, 5) is 59.4. The summed E-state index contributed by atoms with van der Waals surface area (Å²) in [6, 6.07) is 0.411. The minimum atomic E-state index is -1.27. The number of carboxylic acids is 1. The number of hydrogen-bond acceptors (Lipinski definition) is 11. The highest BCUT2D eigenvalue weighted by Gasteiger charge is 2.55. The quantitative estimate of drug-likeness (QED) is 0.116. The minimum absolute atomic E-state index is 0.0912. The van der Waals surface area contributed by atoms with Crippen molar-refractivity contribution in [1.29, 1.82) is 0 Å². The Hall–Kier alpha value is -4.25. The first-order valence-corrected chi connectivity index (χ1v) is 12.2. The van der Waals surface area contributed by atoms with Gasteiger partial charge in [-0.3, -0.25) is 24.4 Å². The molecule has 0 aromatic carbocycles. The van der Waals surface area contributed by atoms with E-state index in [9.17, 15) is 24.3 Å². The highest BCUT2D eigenvalue weighted by atomic mass is 32.2. The van der Waals surface area contributed by atoms with Crippen LogP contribution in [0.3, 0.4) is 0 Å². The molecule has 17 heteroatoms. The number of β-lactam (4-membered cyclic amide) rings is 1. The first kappa shape index (κ1) is 23.5. The van der Waals surface area contributed by atoms with Crippen LogP contribution in [0.2, 0.25) is 0 Å². The van der Waals surface area contributed by atoms with Gasteiger partial charge in [0.15, 0.2) is 23.7 Å². The lowest BCUT2D eigenvalue weighted by atomic mass is 10.0. The summed E-state index contributed by atoms with van der Waals surface area (Å²) >= 11 is 2.42. The number of nitrogens with zero attached hydrogens (tertiary/aromatic N) is 6. The first-order valence-electron chi connectivity index (χ1n) is 10.3. The van der Waals surface area contributed by atoms with Gasteiger partial charge < -0.3 is 21.0 Å². The van der Waals surface area contributed by atoms with E-state index < -0.39 is 29.2 Å². The molecule has 36 heavy (non-hydrogen) atoms. The summed E-state index contributed by atoms with van der Waals surface area (Å²) in [5.74, 6) is -2.27. The van der Waals surface area contributed by atoms with Crippen molar-refractivity contribution in [1.82, 2.24) is 29.9 Å². The Balaban J connectivity index is 1.36. The van der Waals surface area contributed by atoms with Gasteiger partial charge in [-0.2, -0.15) is 0 Å². The Morgan fingerprint density at radius 1 is 1.44 bits per heavy atom. The second kappa shape index (κ2) is 9.08. The van der Waals surface area contributed by atoms with E-state index in [4.69, 9.17) is 10.6 Å². The molecule has 3 aromatic heterocycles. The van der Waals surface area contributed by atoms with Gasteiger partial charge in [0, 0.05) is 27.9 Å². The van der Waals surface area contributed by atoms with Gasteiger partial charge >= 0.3 is 5.97 Å². The summed E-state index contributed by atoms with van der Waals surface area (Å²) in [6.07, 6.45) is 2.98. The number of nitrogens with one attached hydrogen (secondary N) is 2. The van der Waals surface area contributed by atoms with Crippen LogP contribution in [-0.4, -0.2) is 77.5 Å². The number of carbonyl (C=O) groups excluding carboxylic acids is 2. The number of H-pyrrole nitrogens is 1. The zero-order valence-corrected chi connectivity index (χ0v) is 20.1. The van der Waals surface area contributed by atoms with Crippen LogP contribution in [0.5, 0.6) is 0 Å². The number of aliphatic carboxylic acids is 1. The van der Waals surface area contributed by atoms with E-state index in [1.54, 1.807) is 6.20 Å². The third kappa shape index (κ3) is 4.07. The third-order valence-corrected chi connectivity index (χ3v) is 7.45. The van der Waals surface area contributed by atoms with Crippen molar-refractivity contribution < 1.29 is 29.0 Å². The van der Waals surface area contributed by atoms with Crippen molar-refractivity contribution in [3.63, 3.8) is 0 Å². The number of aromatic amines is 1. The number of thioether (sulfide) groups is 1. The molecule has 2 aliphatic heterocycles. The standard InChI is InChI=1S/C19H17N9O6S2/c1-34-25-12(10-6-36-19(20)22-10)15(30)23-13-16(31)28-14(18(32)33)8(5-35-17(13)28)3-26-4-9-2-11(29)24-27(9)7-21-26/h2,4,6-7,13,17H,3,5H2,1H3,(H4-,20,22,23,24,29,30,32,33)/p+1/b25-12-. The number of hydrogen-bond donors (Lipinski definition) is 4. The number of aromatic nitrogens is 5. The fraction of sp³-hybridized carbons (Fsp3) is 0.263. The maximum Gasteiger partial charge on any atom is 0.352 e. The largest absolute Gasteiger partial charge is 0.477 e. The molecule has 0 spiro atoms. The predicted molar refractivity (Wildman–Crippen MR) is 126 cm³/mol. The maximum absolute atomic E-state index is 13.0. The van der Waals surface area contributed by atoms with Gasteiger partial charge in [0.1, 0.15) is 35.4 Å². The smallest absolute Gasteiger partial charge is 0.352 e. The molecule has 2 amide bonds. The van der Waals surface area contributed by atoms with Crippen molar-refractivity contribution in [3.8, 4) is 0 Å². The van der Waals surface area contributed by atoms with Gasteiger partial charge in [-0.05, 0) is 0 Å². The molecule has 3 aromatic rings. The monoisotopic (exact) mass is 532 g/mol. The molecular formula is C19H18N9O6S2+. The molecule has 0 radical (unpaired) electrons. The van der Waals surface area contributed by atoms with Gasteiger partial charge in [-0.15, -0.1) is 23.1 Å². The van der Waals surface area contributed by atoms with Crippen LogP contribution in [0, 0.1) is 0 Å². The number of nitrogen functional groups attached to an aromatic ring is 1. The number of amides is 2. The van der Waals surface area contributed by atoms with Gasteiger partial charge in [-0.1, -0.05) is 9.84 Å². The summed E-state index contributed by atoms with van der Waals surface area (Å²) in [5, 5.41) is 24.1. The molecule has 1 fully saturated rings. The van der Waals surface area contributed by atoms with E-state index in [0.717, 1.165) is 16.2 Å². The van der Waals surface area contributed by atoms with E-state index in [1.165, 1.54) is 45.8 Å². The Morgan fingerprint density at radius 3 is 2.94 bits per heavy atom. The second-order valence-corrected chi connectivity index (χ2v) is 9.68. The van der Waals surface area contributed by atoms with E-state index in [-0.39, 0.29) is 40.1 Å². The third-order valence-electron chi connectivity index (χ3n) is 5.44. The Kier molecular flexibility index (Phi) is 5.92. The molecule has 2 atom stereocenters. The Morgan fingerprint density at radius 2 is 2.25 bits per heavy atom. The van der Waals surface area contributed by atoms with Crippen LogP contribution in [-0.2, 0) is 25.8 Å². The van der Waals surface area contributed by atoms with Gasteiger partial charge in [0.25, 0.3) is 17.4 Å². The molecule has 0 bridgehead atoms. The van der Waals surface area contributed by atoms with Crippen molar-refractivity contribution >= 4 is 57.2 Å². The molecule has 5 N–H and O–H groups in total. The average Bonchev–Trinajstić information content (AvgIpc) is 3.44. The normalized spacial score (nSPS) is 19.8. The number of nitrogens with two attached hydrogens (primary N) is 1. The number of thiazole rings is 1. The fourth-order valence-corrected chi connectivity index (χ4v) is 5.79. The molecule has 186 valence electrons. The van der Waals surface area contributed by atoms with Crippen molar-refractivity contribution in [2.75, 3.05) is 18.6 Å². The first-order chi connectivity index (χ1) is 17.3. The molecule has 5 rings (SSSR count). The molecule has 15 nitrogen and oxygen atoms in total. The van der Waals surface area contributed by atoms with Crippen LogP contribution in [0.15, 0.2) is 45.2 Å². The van der Waals surface area contributed by atoms with Crippen LogP contribution >= 0.6 is 23.1 Å². The predicted octanol–water partition coefficient (Wildman–Crippen LogP) is -1.86. The molecule has 2 aliphatic rings. The molecule has 2 unspecified atom stereocenters. The molecule has 5 heterocycles. The molecule has 1 saturated heterocycles. The highest BCUT2D eigenvalue weighted by molar-refractivity contribution is 8.00. The molecule has 0 aliphatic carbocycles. The van der Waals surface area contributed by atoms with Crippen LogP contribution in [0.1, 0.15) is 5.69 Å². The van der Waals surface area contributed by atoms with Gasteiger partial charge in [0.2, 0.25) is 6.20 Å². The van der Waals surface area contributed by atoms with Crippen LogP contribution in [0.25, 0.3) is 5.52 Å². The van der Waals surface area contributed by atoms with E-state index >= 15 is 0 Å². The minimum Gasteiger partial charge on any atom is -0.477 e. The van der Waals surface area contributed by atoms with Gasteiger partial charge in [-0.25, -0.2) is 14.3 Å². The summed E-state index contributed by atoms with van der Waals surface area (Å²) in [5.41, 5.74) is 6.22. The van der Waals surface area contributed by atoms with E-state index in [1.807, 2.05) is 0 Å². The lowest BCUT2D eigenvalue weighted by Gasteiger charge is -2.49. The number of carboxylic acid groups (broad SMARTS) is 1. The lowest BCUT2D eigenvalue weighted by Crippen LogP contribution is -2.71. The van der Waals surface area contributed by atoms with Crippen molar-refractivity contribution in [2.45, 2.75) is 18.0 Å². The number of fused-ring (bicyclic) bond motifs is 2. The van der Waals surface area contributed by atoms with Crippen LogP contribution < -0.4 is 21.3 Å². The fourth-order valence-electron chi connectivity index (χ4n) is 3.91. The van der Waals surface area contributed by atoms with Crippen molar-refractivity contribution in [3.05, 3.63) is 51.3 Å². The lowest BCUT2D eigenvalue weighted by molar-refractivity contribution is -0.746. The van der Waals surface area contributed by atoms with Crippen LogP contribution in [0.4, 0.5) is 5.13 Å². The van der Waals surface area contributed by atoms with E-state index in [2.05, 4.69) is 25.7 Å². The zero-order chi connectivity index (χ0) is 25.6.